The monoisotopic (exact) mass is 321 g/mol. The van der Waals surface area contributed by atoms with Crippen LogP contribution in [0.15, 0.2) is 24.3 Å². The van der Waals surface area contributed by atoms with Crippen molar-refractivity contribution in [1.82, 2.24) is 10.2 Å². The molecule has 2 saturated heterocycles. The highest BCUT2D eigenvalue weighted by Crippen LogP contribution is 2.34. The minimum Gasteiger partial charge on any atom is -0.335 e. The number of nitrogens with one attached hydrogen (secondary N) is 1. The molecule has 4 nitrogen and oxygen atoms in total. The fourth-order valence-corrected chi connectivity index (χ4v) is 4.33. The molecule has 2 fully saturated rings. The largest absolute Gasteiger partial charge is 0.335 e. The third-order valence-electron chi connectivity index (χ3n) is 5.56. The third-order valence-corrected chi connectivity index (χ3v) is 5.56. The lowest BCUT2D eigenvalue weighted by molar-refractivity contribution is 0.150. The molecule has 1 aromatic rings. The number of nitrogens with zero attached hydrogens (tertiary/aromatic N) is 2. The molecule has 0 saturated carbocycles. The number of rotatable bonds is 1. The Morgan fingerprint density at radius 3 is 2.59 bits per heavy atom. The number of hydrogen-bond donors (Lipinski definition) is 1. The fourth-order valence-electron chi connectivity index (χ4n) is 4.33. The number of fused-ring (bicyclic) bond motifs is 3. The van der Waals surface area contributed by atoms with E-state index in [-0.39, 0.29) is 18.4 Å². The number of halogens is 1. The van der Waals surface area contributed by atoms with Gasteiger partial charge >= 0.3 is 6.03 Å². The Morgan fingerprint density at radius 2 is 1.86 bits per heavy atom. The van der Waals surface area contributed by atoms with Crippen LogP contribution in [0, 0.1) is 0 Å². The fraction of sp³-hybridized carbons (Fsp3) is 0.588. The van der Waals surface area contributed by atoms with Crippen LogP contribution in [0.25, 0.3) is 0 Å². The lowest BCUT2D eigenvalue weighted by Crippen LogP contribution is -2.51. The second-order valence-corrected chi connectivity index (χ2v) is 6.70. The summed E-state index contributed by atoms with van der Waals surface area (Å²) in [6.45, 7) is 0.810. The molecule has 2 bridgehead atoms. The summed E-state index contributed by atoms with van der Waals surface area (Å²) >= 11 is 0. The molecule has 3 heterocycles. The third kappa shape index (κ3) is 2.59. The summed E-state index contributed by atoms with van der Waals surface area (Å²) in [4.78, 5) is 17.0. The van der Waals surface area contributed by atoms with E-state index < -0.39 is 0 Å². The van der Waals surface area contributed by atoms with E-state index in [1.165, 1.54) is 18.4 Å². The van der Waals surface area contributed by atoms with E-state index in [0.29, 0.717) is 18.1 Å². The van der Waals surface area contributed by atoms with E-state index in [0.717, 1.165) is 31.5 Å². The molecule has 2 atom stereocenters. The van der Waals surface area contributed by atoms with Crippen LogP contribution < -0.4 is 10.2 Å². The van der Waals surface area contributed by atoms with E-state index in [2.05, 4.69) is 35.5 Å². The topological polar surface area (TPSA) is 35.6 Å². The van der Waals surface area contributed by atoms with E-state index in [9.17, 15) is 4.79 Å². The van der Waals surface area contributed by atoms with Crippen molar-refractivity contribution in [2.45, 2.75) is 50.2 Å². The minimum atomic E-state index is 0. The zero-order valence-electron chi connectivity index (χ0n) is 13.0. The van der Waals surface area contributed by atoms with Crippen molar-refractivity contribution in [2.75, 3.05) is 18.5 Å². The molecule has 0 radical (unpaired) electrons. The zero-order valence-corrected chi connectivity index (χ0v) is 13.8. The van der Waals surface area contributed by atoms with E-state index in [1.807, 2.05) is 11.0 Å². The smallest absolute Gasteiger partial charge is 0.322 e. The molecule has 4 rings (SSSR count). The Morgan fingerprint density at radius 1 is 1.18 bits per heavy atom. The summed E-state index contributed by atoms with van der Waals surface area (Å²) in [6.07, 6.45) is 5.77. The van der Waals surface area contributed by atoms with Crippen LogP contribution in [0.2, 0.25) is 0 Å². The molecule has 120 valence electrons. The molecule has 22 heavy (non-hydrogen) atoms. The van der Waals surface area contributed by atoms with Crippen LogP contribution in [0.4, 0.5) is 10.5 Å². The minimum absolute atomic E-state index is 0. The molecule has 2 unspecified atom stereocenters. The number of urea groups is 1. The predicted octanol–water partition coefficient (Wildman–Crippen LogP) is 2.81. The van der Waals surface area contributed by atoms with Crippen molar-refractivity contribution in [1.29, 1.82) is 0 Å². The van der Waals surface area contributed by atoms with Gasteiger partial charge in [-0.25, -0.2) is 4.79 Å². The molecule has 0 spiro atoms. The lowest BCUT2D eigenvalue weighted by atomic mass is 9.98. The quantitative estimate of drug-likeness (QED) is 0.863. The maximum absolute atomic E-state index is 12.6. The van der Waals surface area contributed by atoms with Gasteiger partial charge in [0.15, 0.2) is 0 Å². The number of benzene rings is 1. The summed E-state index contributed by atoms with van der Waals surface area (Å²) in [5.74, 6) is 0. The summed E-state index contributed by atoms with van der Waals surface area (Å²) in [7, 11) is 2.23. The first-order valence-corrected chi connectivity index (χ1v) is 8.10. The molecule has 1 aromatic carbocycles. The molecule has 5 heteroatoms. The molecule has 3 aliphatic heterocycles. The first-order valence-electron chi connectivity index (χ1n) is 8.10. The number of hydrogen-bond acceptors (Lipinski definition) is 2. The highest BCUT2D eigenvalue weighted by molar-refractivity contribution is 5.94. The average molecular weight is 322 g/mol. The molecule has 3 aliphatic rings. The van der Waals surface area contributed by atoms with Crippen molar-refractivity contribution in [3.8, 4) is 0 Å². The average Bonchev–Trinajstić information content (AvgIpc) is 2.98. The van der Waals surface area contributed by atoms with Crippen molar-refractivity contribution in [2.24, 2.45) is 0 Å². The van der Waals surface area contributed by atoms with Gasteiger partial charge in [0, 0.05) is 30.4 Å². The van der Waals surface area contributed by atoms with Crippen molar-refractivity contribution in [3.05, 3.63) is 29.8 Å². The van der Waals surface area contributed by atoms with Crippen LogP contribution in [0.1, 0.15) is 31.2 Å². The molecule has 1 N–H and O–H groups in total. The van der Waals surface area contributed by atoms with E-state index in [4.69, 9.17) is 0 Å². The molecule has 0 aliphatic carbocycles. The summed E-state index contributed by atoms with van der Waals surface area (Å²) in [5, 5.41) is 3.28. The number of amides is 2. The molecular weight excluding hydrogens is 298 g/mol. The SMILES string of the molecule is CN1C2CCC1CC(NC(=O)N1CCc3ccccc31)C2.Cl. The van der Waals surface area contributed by atoms with Crippen molar-refractivity contribution >= 4 is 24.1 Å². The van der Waals surface area contributed by atoms with E-state index >= 15 is 0 Å². The normalized spacial score (nSPS) is 29.9. The number of carbonyl (C=O) groups is 1. The standard InChI is InChI=1S/C17H23N3O.ClH/c1-19-14-6-7-15(19)11-13(10-14)18-17(21)20-9-8-12-4-2-3-5-16(12)20;/h2-5,13-15H,6-11H2,1H3,(H,18,21);1H. The van der Waals surface area contributed by atoms with Crippen LogP contribution >= 0.6 is 12.4 Å². The van der Waals surface area contributed by atoms with Gasteiger partial charge < -0.3 is 10.2 Å². The summed E-state index contributed by atoms with van der Waals surface area (Å²) < 4.78 is 0. The number of carbonyl (C=O) groups excluding carboxylic acids is 1. The maximum Gasteiger partial charge on any atom is 0.322 e. The van der Waals surface area contributed by atoms with Crippen molar-refractivity contribution < 1.29 is 4.79 Å². The van der Waals surface area contributed by atoms with E-state index in [1.54, 1.807) is 0 Å². The van der Waals surface area contributed by atoms with Gasteiger partial charge in [-0.1, -0.05) is 18.2 Å². The van der Waals surface area contributed by atoms with Crippen LogP contribution in [0.5, 0.6) is 0 Å². The number of anilines is 1. The summed E-state index contributed by atoms with van der Waals surface area (Å²) in [6, 6.07) is 10.0. The van der Waals surface area contributed by atoms with Crippen molar-refractivity contribution in [3.63, 3.8) is 0 Å². The zero-order chi connectivity index (χ0) is 14.4. The maximum atomic E-state index is 12.6. The first-order chi connectivity index (χ1) is 10.2. The van der Waals surface area contributed by atoms with Gasteiger partial charge in [-0.3, -0.25) is 4.90 Å². The van der Waals surface area contributed by atoms with Gasteiger partial charge in [0.1, 0.15) is 0 Å². The van der Waals surface area contributed by atoms with Gasteiger partial charge in [-0.2, -0.15) is 0 Å². The van der Waals surface area contributed by atoms with Crippen LogP contribution in [-0.2, 0) is 6.42 Å². The first kappa shape index (κ1) is 15.6. The summed E-state index contributed by atoms with van der Waals surface area (Å²) in [5.41, 5.74) is 2.38. The molecule has 0 aromatic heterocycles. The highest BCUT2D eigenvalue weighted by atomic mass is 35.5. The Balaban J connectivity index is 0.00000144. The van der Waals surface area contributed by atoms with Gasteiger partial charge in [0.25, 0.3) is 0 Å². The van der Waals surface area contributed by atoms with Gasteiger partial charge in [-0.15, -0.1) is 12.4 Å². The van der Waals surface area contributed by atoms with Gasteiger partial charge in [0.05, 0.1) is 0 Å². The predicted molar refractivity (Wildman–Crippen MR) is 90.9 cm³/mol. The highest BCUT2D eigenvalue weighted by Gasteiger charge is 2.39. The Bertz CT molecular complexity index is 551. The van der Waals surface area contributed by atoms with Gasteiger partial charge in [0.2, 0.25) is 0 Å². The Labute approximate surface area is 138 Å². The number of para-hydroxylation sites is 1. The van der Waals surface area contributed by atoms with Gasteiger partial charge in [-0.05, 0) is 50.8 Å². The second kappa shape index (κ2) is 6.09. The molecule has 2 amide bonds. The van der Waals surface area contributed by atoms with Crippen LogP contribution in [-0.4, -0.2) is 42.6 Å². The van der Waals surface area contributed by atoms with Crippen LogP contribution in [0.3, 0.4) is 0 Å². The second-order valence-electron chi connectivity index (χ2n) is 6.70. The lowest BCUT2D eigenvalue weighted by Gasteiger charge is -2.37. The molecular formula is C17H24ClN3O. The number of piperidine rings is 1. The Kier molecular flexibility index (Phi) is 4.33. The Hall–Kier alpha value is -1.26.